The highest BCUT2D eigenvalue weighted by atomic mass is 19.1. The first kappa shape index (κ1) is 20.7. The van der Waals surface area contributed by atoms with Crippen molar-refractivity contribution in [2.24, 2.45) is 0 Å². The number of hydrogen-bond donors (Lipinski definition) is 0. The summed E-state index contributed by atoms with van der Waals surface area (Å²) in [6, 6.07) is 2.86. The lowest BCUT2D eigenvalue weighted by atomic mass is 10.1. The predicted octanol–water partition coefficient (Wildman–Crippen LogP) is 3.04. The minimum absolute atomic E-state index is 0.0737. The van der Waals surface area contributed by atoms with Crippen LogP contribution in [0.1, 0.15) is 45.0 Å². The predicted molar refractivity (Wildman–Crippen MR) is 110 cm³/mol. The maximum absolute atomic E-state index is 14.2. The Bertz CT molecular complexity index is 883. The van der Waals surface area contributed by atoms with Gasteiger partial charge in [0.05, 0.1) is 24.1 Å². The molecule has 0 radical (unpaired) electrons. The first-order valence-electron chi connectivity index (χ1n) is 10.2. The molecule has 0 bridgehead atoms. The lowest BCUT2D eigenvalue weighted by Crippen LogP contribution is -2.37. The molecular weight excluding hydrogens is 359 g/mol. The van der Waals surface area contributed by atoms with E-state index in [1.807, 2.05) is 6.92 Å². The van der Waals surface area contributed by atoms with Crippen molar-refractivity contribution in [1.29, 1.82) is 0 Å². The van der Waals surface area contributed by atoms with Crippen molar-refractivity contribution in [3.63, 3.8) is 0 Å². The Balaban J connectivity index is 2.14. The summed E-state index contributed by atoms with van der Waals surface area (Å²) in [5.74, 6) is 0.355. The van der Waals surface area contributed by atoms with Crippen LogP contribution >= 0.6 is 0 Å². The standard InChI is InChI=1S/C21H31FN4O2/c1-5-8-18(25-10-7-9-24(3)11-12-25)20-23-17-14-19(28-4)16(22)13-15(17)21(27)26(20)6-2/h13-14,18H,5-12H2,1-4H3/t18-/m1/s1. The van der Waals surface area contributed by atoms with E-state index in [0.717, 1.165) is 51.3 Å². The average Bonchev–Trinajstić information content (AvgIpc) is 2.90. The van der Waals surface area contributed by atoms with Gasteiger partial charge in [-0.1, -0.05) is 13.3 Å². The van der Waals surface area contributed by atoms with Gasteiger partial charge in [0.2, 0.25) is 0 Å². The number of nitrogens with zero attached hydrogens (tertiary/aromatic N) is 4. The molecule has 6 nitrogen and oxygen atoms in total. The Labute approximate surface area is 165 Å². The molecule has 2 aromatic rings. The van der Waals surface area contributed by atoms with Crippen LogP contribution in [-0.4, -0.2) is 59.7 Å². The summed E-state index contributed by atoms with van der Waals surface area (Å²) >= 11 is 0. The van der Waals surface area contributed by atoms with Crippen LogP contribution in [0.5, 0.6) is 5.75 Å². The Morgan fingerprint density at radius 1 is 1.21 bits per heavy atom. The molecule has 1 aromatic carbocycles. The summed E-state index contributed by atoms with van der Waals surface area (Å²) < 4.78 is 21.0. The largest absolute Gasteiger partial charge is 0.494 e. The van der Waals surface area contributed by atoms with Crippen molar-refractivity contribution in [1.82, 2.24) is 19.4 Å². The number of hydrogen-bond acceptors (Lipinski definition) is 5. The highest BCUT2D eigenvalue weighted by molar-refractivity contribution is 5.79. The summed E-state index contributed by atoms with van der Waals surface area (Å²) in [4.78, 5) is 22.8. The third-order valence-electron chi connectivity index (χ3n) is 5.63. The first-order chi connectivity index (χ1) is 13.5. The number of likely N-dealkylation sites (N-methyl/N-ethyl adjacent to an activating group) is 1. The molecule has 1 aliphatic rings. The van der Waals surface area contributed by atoms with Crippen LogP contribution in [0.3, 0.4) is 0 Å². The number of halogens is 1. The van der Waals surface area contributed by atoms with Gasteiger partial charge in [0.1, 0.15) is 5.82 Å². The van der Waals surface area contributed by atoms with Crippen LogP contribution in [0.25, 0.3) is 10.9 Å². The van der Waals surface area contributed by atoms with Gasteiger partial charge in [-0.3, -0.25) is 14.3 Å². The molecule has 0 saturated carbocycles. The zero-order valence-corrected chi connectivity index (χ0v) is 17.4. The fraction of sp³-hybridized carbons (Fsp3) is 0.619. The summed E-state index contributed by atoms with van der Waals surface area (Å²) in [7, 11) is 3.57. The van der Waals surface area contributed by atoms with Crippen LogP contribution in [0.4, 0.5) is 4.39 Å². The fourth-order valence-corrected chi connectivity index (χ4v) is 4.08. The summed E-state index contributed by atoms with van der Waals surface area (Å²) in [5.41, 5.74) is 0.313. The van der Waals surface area contributed by atoms with E-state index in [0.29, 0.717) is 17.4 Å². The smallest absolute Gasteiger partial charge is 0.261 e. The third kappa shape index (κ3) is 4.05. The highest BCUT2D eigenvalue weighted by Crippen LogP contribution is 2.28. The van der Waals surface area contributed by atoms with E-state index in [-0.39, 0.29) is 17.4 Å². The molecule has 154 valence electrons. The van der Waals surface area contributed by atoms with Gasteiger partial charge in [-0.15, -0.1) is 0 Å². The Morgan fingerprint density at radius 2 is 2.00 bits per heavy atom. The molecule has 0 N–H and O–H groups in total. The number of fused-ring (bicyclic) bond motifs is 1. The van der Waals surface area contributed by atoms with Crippen molar-refractivity contribution in [2.45, 2.75) is 45.7 Å². The first-order valence-corrected chi connectivity index (χ1v) is 10.2. The number of benzene rings is 1. The molecule has 1 fully saturated rings. The maximum Gasteiger partial charge on any atom is 0.261 e. The molecule has 1 aliphatic heterocycles. The van der Waals surface area contributed by atoms with Gasteiger partial charge in [0.15, 0.2) is 11.6 Å². The van der Waals surface area contributed by atoms with Crippen molar-refractivity contribution in [2.75, 3.05) is 40.3 Å². The third-order valence-corrected chi connectivity index (χ3v) is 5.63. The van der Waals surface area contributed by atoms with E-state index in [1.54, 1.807) is 4.57 Å². The van der Waals surface area contributed by atoms with E-state index in [2.05, 4.69) is 23.8 Å². The summed E-state index contributed by atoms with van der Waals surface area (Å²) in [6.45, 7) is 8.63. The molecule has 7 heteroatoms. The summed E-state index contributed by atoms with van der Waals surface area (Å²) in [6.07, 6.45) is 3.03. The molecule has 0 aliphatic carbocycles. The number of ether oxygens (including phenoxy) is 1. The van der Waals surface area contributed by atoms with Gasteiger partial charge in [0, 0.05) is 32.2 Å². The van der Waals surface area contributed by atoms with Crippen molar-refractivity contribution >= 4 is 10.9 Å². The molecule has 0 amide bonds. The monoisotopic (exact) mass is 390 g/mol. The molecule has 28 heavy (non-hydrogen) atoms. The van der Waals surface area contributed by atoms with Crippen LogP contribution < -0.4 is 10.3 Å². The van der Waals surface area contributed by atoms with Crippen molar-refractivity contribution in [3.05, 3.63) is 34.1 Å². The Morgan fingerprint density at radius 3 is 2.68 bits per heavy atom. The fourth-order valence-electron chi connectivity index (χ4n) is 4.08. The van der Waals surface area contributed by atoms with E-state index in [9.17, 15) is 9.18 Å². The minimum atomic E-state index is -0.537. The van der Waals surface area contributed by atoms with Crippen LogP contribution in [0.15, 0.2) is 16.9 Å². The number of aromatic nitrogens is 2. The lowest BCUT2D eigenvalue weighted by Gasteiger charge is -2.31. The highest BCUT2D eigenvalue weighted by Gasteiger charge is 2.27. The molecule has 2 heterocycles. The van der Waals surface area contributed by atoms with Gasteiger partial charge in [-0.25, -0.2) is 9.37 Å². The Kier molecular flexibility index (Phi) is 6.67. The van der Waals surface area contributed by atoms with E-state index in [4.69, 9.17) is 9.72 Å². The summed E-state index contributed by atoms with van der Waals surface area (Å²) in [5, 5.41) is 0.301. The van der Waals surface area contributed by atoms with E-state index < -0.39 is 5.82 Å². The second-order valence-electron chi connectivity index (χ2n) is 7.52. The molecular formula is C21H31FN4O2. The lowest BCUT2D eigenvalue weighted by molar-refractivity contribution is 0.180. The number of rotatable bonds is 6. The van der Waals surface area contributed by atoms with Crippen LogP contribution in [0.2, 0.25) is 0 Å². The number of methoxy groups -OCH3 is 1. The molecule has 3 rings (SSSR count). The Hall–Kier alpha value is -1.99. The van der Waals surface area contributed by atoms with Gasteiger partial charge in [-0.05, 0) is 39.4 Å². The van der Waals surface area contributed by atoms with Gasteiger partial charge in [0.25, 0.3) is 5.56 Å². The van der Waals surface area contributed by atoms with Crippen LogP contribution in [0, 0.1) is 5.82 Å². The normalized spacial score (nSPS) is 17.6. The van der Waals surface area contributed by atoms with Crippen LogP contribution in [-0.2, 0) is 6.54 Å². The molecule has 1 atom stereocenters. The zero-order valence-electron chi connectivity index (χ0n) is 17.4. The van der Waals surface area contributed by atoms with Gasteiger partial charge < -0.3 is 9.64 Å². The van der Waals surface area contributed by atoms with Gasteiger partial charge in [-0.2, -0.15) is 0 Å². The SMILES string of the molecule is CCC[C@H](c1nc2cc(OC)c(F)cc2c(=O)n1CC)N1CCCN(C)CC1. The van der Waals surface area contributed by atoms with E-state index in [1.165, 1.54) is 19.2 Å². The molecule has 0 unspecified atom stereocenters. The second kappa shape index (κ2) is 9.01. The van der Waals surface area contributed by atoms with Gasteiger partial charge >= 0.3 is 0 Å². The molecule has 1 saturated heterocycles. The van der Waals surface area contributed by atoms with Crippen molar-refractivity contribution in [3.8, 4) is 5.75 Å². The quantitative estimate of drug-likeness (QED) is 0.759. The topological polar surface area (TPSA) is 50.6 Å². The average molecular weight is 391 g/mol. The second-order valence-corrected chi connectivity index (χ2v) is 7.52. The van der Waals surface area contributed by atoms with E-state index >= 15 is 0 Å². The molecule has 1 aromatic heterocycles. The zero-order chi connectivity index (χ0) is 20.3. The van der Waals surface area contributed by atoms with Crippen molar-refractivity contribution < 1.29 is 9.13 Å². The molecule has 0 spiro atoms. The minimum Gasteiger partial charge on any atom is -0.494 e. The maximum atomic E-state index is 14.2.